The Hall–Kier alpha value is -0.510. The predicted octanol–water partition coefficient (Wildman–Crippen LogP) is 3.52. The molecule has 0 bridgehead atoms. The van der Waals surface area contributed by atoms with Gasteiger partial charge in [0.2, 0.25) is 0 Å². The molecule has 0 radical (unpaired) electrons. The highest BCUT2D eigenvalue weighted by atomic mass is 19.4. The van der Waals surface area contributed by atoms with Crippen molar-refractivity contribution in [2.24, 2.45) is 5.92 Å². The van der Waals surface area contributed by atoms with E-state index in [4.69, 9.17) is 0 Å². The van der Waals surface area contributed by atoms with Crippen molar-refractivity contribution in [2.45, 2.75) is 45.3 Å². The zero-order chi connectivity index (χ0) is 11.9. The predicted molar refractivity (Wildman–Crippen MR) is 56.7 cm³/mol. The molecule has 4 heteroatoms. The Kier molecular flexibility index (Phi) is 6.65. The molecule has 0 saturated heterocycles. The summed E-state index contributed by atoms with van der Waals surface area (Å²) in [6.45, 7) is 4.16. The second-order valence-electron chi connectivity index (χ2n) is 4.06. The molecule has 0 rings (SSSR count). The van der Waals surface area contributed by atoms with E-state index in [0.717, 1.165) is 6.42 Å². The topological polar surface area (TPSA) is 12.0 Å². The Morgan fingerprint density at radius 3 is 2.20 bits per heavy atom. The minimum Gasteiger partial charge on any atom is -0.309 e. The van der Waals surface area contributed by atoms with E-state index >= 15 is 0 Å². The van der Waals surface area contributed by atoms with Crippen LogP contribution in [0.25, 0.3) is 0 Å². The number of allylic oxidation sites excluding steroid dienone is 2. The zero-order valence-corrected chi connectivity index (χ0v) is 9.56. The maximum Gasteiger partial charge on any atom is 0.403 e. The third-order valence-electron chi connectivity index (χ3n) is 2.14. The molecule has 0 aromatic rings. The molecule has 0 heterocycles. The van der Waals surface area contributed by atoms with Crippen molar-refractivity contribution in [2.75, 3.05) is 7.05 Å². The van der Waals surface area contributed by atoms with Crippen LogP contribution in [-0.4, -0.2) is 19.3 Å². The van der Waals surface area contributed by atoms with Gasteiger partial charge in [0.25, 0.3) is 0 Å². The molecule has 0 aliphatic heterocycles. The van der Waals surface area contributed by atoms with Crippen molar-refractivity contribution in [1.29, 1.82) is 0 Å². The fourth-order valence-electron chi connectivity index (χ4n) is 1.22. The van der Waals surface area contributed by atoms with E-state index in [9.17, 15) is 13.2 Å². The Labute approximate surface area is 89.7 Å². The highest BCUT2D eigenvalue weighted by Gasteiger charge is 2.37. The average molecular weight is 223 g/mol. The summed E-state index contributed by atoms with van der Waals surface area (Å²) in [4.78, 5) is 0. The summed E-state index contributed by atoms with van der Waals surface area (Å²) in [5.74, 6) is 0.559. The van der Waals surface area contributed by atoms with Gasteiger partial charge in [0, 0.05) is 0 Å². The van der Waals surface area contributed by atoms with Gasteiger partial charge in [0.15, 0.2) is 0 Å². The van der Waals surface area contributed by atoms with Crippen molar-refractivity contribution in [3.05, 3.63) is 12.2 Å². The van der Waals surface area contributed by atoms with Gasteiger partial charge in [0.1, 0.15) is 6.04 Å². The molecule has 0 aliphatic rings. The van der Waals surface area contributed by atoms with E-state index in [1.54, 1.807) is 0 Å². The maximum absolute atomic E-state index is 12.3. The van der Waals surface area contributed by atoms with Crippen LogP contribution in [0.5, 0.6) is 0 Å². The molecule has 15 heavy (non-hydrogen) atoms. The monoisotopic (exact) mass is 223 g/mol. The molecule has 1 atom stereocenters. The van der Waals surface area contributed by atoms with E-state index in [-0.39, 0.29) is 6.42 Å². The van der Waals surface area contributed by atoms with Gasteiger partial charge in [-0.3, -0.25) is 0 Å². The minimum absolute atomic E-state index is 0.106. The molecule has 0 aromatic carbocycles. The maximum atomic E-state index is 12.3. The molecular formula is C11H20F3N. The lowest BCUT2D eigenvalue weighted by molar-refractivity contribution is -0.155. The van der Waals surface area contributed by atoms with Gasteiger partial charge in [-0.05, 0) is 32.2 Å². The zero-order valence-electron chi connectivity index (χ0n) is 9.56. The molecule has 1 N–H and O–H groups in total. The summed E-state index contributed by atoms with van der Waals surface area (Å²) in [6.07, 6.45) is 1.15. The largest absolute Gasteiger partial charge is 0.403 e. The van der Waals surface area contributed by atoms with E-state index in [0.29, 0.717) is 12.3 Å². The van der Waals surface area contributed by atoms with Crippen LogP contribution in [0.1, 0.15) is 33.1 Å². The van der Waals surface area contributed by atoms with Crippen LogP contribution >= 0.6 is 0 Å². The Bertz CT molecular complexity index is 185. The number of halogens is 3. The first-order valence-electron chi connectivity index (χ1n) is 5.27. The van der Waals surface area contributed by atoms with Gasteiger partial charge >= 0.3 is 6.18 Å². The van der Waals surface area contributed by atoms with Crippen molar-refractivity contribution >= 4 is 0 Å². The lowest BCUT2D eigenvalue weighted by Crippen LogP contribution is -2.39. The van der Waals surface area contributed by atoms with E-state index < -0.39 is 12.2 Å². The van der Waals surface area contributed by atoms with Gasteiger partial charge in [-0.25, -0.2) is 0 Å². The van der Waals surface area contributed by atoms with Gasteiger partial charge in [-0.1, -0.05) is 26.0 Å². The first-order chi connectivity index (χ1) is 6.88. The summed E-state index contributed by atoms with van der Waals surface area (Å²) in [5, 5.41) is 2.28. The summed E-state index contributed by atoms with van der Waals surface area (Å²) in [6, 6.07) is -1.39. The molecular weight excluding hydrogens is 203 g/mol. The fraction of sp³-hybridized carbons (Fsp3) is 0.818. The van der Waals surface area contributed by atoms with Gasteiger partial charge in [0.05, 0.1) is 0 Å². The first kappa shape index (κ1) is 14.5. The van der Waals surface area contributed by atoms with Gasteiger partial charge in [-0.2, -0.15) is 13.2 Å². The lowest BCUT2D eigenvalue weighted by atomic mass is 10.1. The van der Waals surface area contributed by atoms with Gasteiger partial charge < -0.3 is 5.32 Å². The summed E-state index contributed by atoms with van der Waals surface area (Å²) >= 11 is 0. The normalized spacial score (nSPS) is 15.1. The van der Waals surface area contributed by atoms with Crippen molar-refractivity contribution in [3.8, 4) is 0 Å². The van der Waals surface area contributed by atoms with Crippen LogP contribution in [0.4, 0.5) is 13.2 Å². The first-order valence-corrected chi connectivity index (χ1v) is 5.27. The molecule has 0 aliphatic carbocycles. The quantitative estimate of drug-likeness (QED) is 0.679. The van der Waals surface area contributed by atoms with Crippen LogP contribution in [-0.2, 0) is 0 Å². The number of hydrogen-bond donors (Lipinski definition) is 1. The third kappa shape index (κ3) is 7.42. The SMILES string of the molecule is CNC(CC/C=C/CC(C)C)C(F)(F)F. The number of alkyl halides is 3. The summed E-state index contributed by atoms with van der Waals surface area (Å²) in [7, 11) is 1.34. The van der Waals surface area contributed by atoms with E-state index in [1.165, 1.54) is 7.05 Å². The van der Waals surface area contributed by atoms with Crippen molar-refractivity contribution < 1.29 is 13.2 Å². The average Bonchev–Trinajstić information content (AvgIpc) is 2.08. The fourth-order valence-corrected chi connectivity index (χ4v) is 1.22. The molecule has 1 nitrogen and oxygen atoms in total. The Morgan fingerprint density at radius 2 is 1.80 bits per heavy atom. The van der Waals surface area contributed by atoms with E-state index in [2.05, 4.69) is 19.2 Å². The lowest BCUT2D eigenvalue weighted by Gasteiger charge is -2.18. The van der Waals surface area contributed by atoms with Crippen molar-refractivity contribution in [1.82, 2.24) is 5.32 Å². The highest BCUT2D eigenvalue weighted by molar-refractivity contribution is 4.85. The molecule has 0 aromatic heterocycles. The molecule has 0 amide bonds. The van der Waals surface area contributed by atoms with Crippen LogP contribution in [0, 0.1) is 5.92 Å². The highest BCUT2D eigenvalue weighted by Crippen LogP contribution is 2.23. The molecule has 0 fully saturated rings. The molecule has 0 spiro atoms. The van der Waals surface area contributed by atoms with Gasteiger partial charge in [-0.15, -0.1) is 0 Å². The molecule has 0 saturated carbocycles. The van der Waals surface area contributed by atoms with Crippen LogP contribution < -0.4 is 5.32 Å². The molecule has 90 valence electrons. The summed E-state index contributed by atoms with van der Waals surface area (Å²) < 4.78 is 36.8. The third-order valence-corrected chi connectivity index (χ3v) is 2.14. The molecule has 1 unspecified atom stereocenters. The summed E-state index contributed by atoms with van der Waals surface area (Å²) in [5.41, 5.74) is 0. The van der Waals surface area contributed by atoms with Crippen LogP contribution in [0.3, 0.4) is 0 Å². The van der Waals surface area contributed by atoms with E-state index in [1.807, 2.05) is 12.2 Å². The van der Waals surface area contributed by atoms with Crippen LogP contribution in [0.2, 0.25) is 0 Å². The number of nitrogens with one attached hydrogen (secondary N) is 1. The number of rotatable bonds is 6. The van der Waals surface area contributed by atoms with Crippen LogP contribution in [0.15, 0.2) is 12.2 Å². The number of hydrogen-bond acceptors (Lipinski definition) is 1. The second-order valence-corrected chi connectivity index (χ2v) is 4.06. The standard InChI is InChI=1S/C11H20F3N/c1-9(2)7-5-4-6-8-10(15-3)11(12,13)14/h4-5,9-10,15H,6-8H2,1-3H3/b5-4+. The van der Waals surface area contributed by atoms with Crippen molar-refractivity contribution in [3.63, 3.8) is 0 Å². The second kappa shape index (κ2) is 6.88. The smallest absolute Gasteiger partial charge is 0.309 e. The Morgan fingerprint density at radius 1 is 1.20 bits per heavy atom. The Balaban J connectivity index is 3.78. The minimum atomic E-state index is -4.14.